The Hall–Kier alpha value is -1.30. The monoisotopic (exact) mass is 172 g/mol. The van der Waals surface area contributed by atoms with Gasteiger partial charge in [-0.1, -0.05) is 62.4 Å². The molecule has 0 aliphatic rings. The van der Waals surface area contributed by atoms with Gasteiger partial charge in [-0.15, -0.1) is 0 Å². The normalized spacial score (nSPS) is 10.5. The van der Waals surface area contributed by atoms with Gasteiger partial charge in [0.05, 0.1) is 0 Å². The molecule has 1 aromatic carbocycles. The van der Waals surface area contributed by atoms with Crippen LogP contribution < -0.4 is 0 Å². The average Bonchev–Trinajstić information content (AvgIpc) is 2.16. The molecule has 0 unspecified atom stereocenters. The topological polar surface area (TPSA) is 0 Å². The van der Waals surface area contributed by atoms with Gasteiger partial charge in [-0.3, -0.25) is 0 Å². The second-order valence-corrected chi connectivity index (χ2v) is 3.09. The van der Waals surface area contributed by atoms with Gasteiger partial charge >= 0.3 is 0 Å². The van der Waals surface area contributed by atoms with E-state index in [0.717, 1.165) is 6.42 Å². The number of rotatable bonds is 4. The van der Waals surface area contributed by atoms with Crippen molar-refractivity contribution in [2.45, 2.75) is 19.8 Å². The summed E-state index contributed by atoms with van der Waals surface area (Å²) >= 11 is 0. The van der Waals surface area contributed by atoms with Crippen molar-refractivity contribution >= 4 is 6.08 Å². The molecule has 0 bridgehead atoms. The van der Waals surface area contributed by atoms with Crippen LogP contribution in [0.15, 0.2) is 43.0 Å². The van der Waals surface area contributed by atoms with Gasteiger partial charge in [0.25, 0.3) is 0 Å². The smallest absolute Gasteiger partial charge is 0.0254 e. The Morgan fingerprint density at radius 3 is 2.92 bits per heavy atom. The molecule has 0 fully saturated rings. The number of hydrogen-bond donors (Lipinski definition) is 0. The molecular formula is C13H16. The van der Waals surface area contributed by atoms with Crippen molar-refractivity contribution in [3.63, 3.8) is 0 Å². The molecule has 0 aliphatic carbocycles. The first-order chi connectivity index (χ1) is 6.36. The van der Waals surface area contributed by atoms with Crippen LogP contribution in [-0.4, -0.2) is 0 Å². The lowest BCUT2D eigenvalue weighted by Crippen LogP contribution is -1.82. The molecule has 0 N–H and O–H groups in total. The number of benzene rings is 1. The Balaban J connectivity index is 2.78. The molecule has 0 atom stereocenters. The van der Waals surface area contributed by atoms with Crippen LogP contribution in [0.2, 0.25) is 0 Å². The van der Waals surface area contributed by atoms with Crippen molar-refractivity contribution in [1.29, 1.82) is 0 Å². The van der Waals surface area contributed by atoms with Crippen molar-refractivity contribution < 1.29 is 0 Å². The fraction of sp³-hybridized carbons (Fsp3) is 0.231. The van der Waals surface area contributed by atoms with E-state index in [1.165, 1.54) is 17.5 Å². The standard InChI is InChI=1S/C13H16/c1-3-5-8-13-10-6-9-12(11-13)7-4-2/h3,5-6,8-11H,1,4,7H2,2H3/b8-5+. The van der Waals surface area contributed by atoms with Crippen LogP contribution in [0.5, 0.6) is 0 Å². The molecule has 0 heteroatoms. The zero-order valence-corrected chi connectivity index (χ0v) is 8.16. The predicted molar refractivity (Wildman–Crippen MR) is 59.7 cm³/mol. The molecule has 13 heavy (non-hydrogen) atoms. The van der Waals surface area contributed by atoms with Gasteiger partial charge in [0.15, 0.2) is 0 Å². The molecule has 0 nitrogen and oxygen atoms in total. The Bertz CT molecular complexity index is 295. The third kappa shape index (κ3) is 3.29. The largest absolute Gasteiger partial charge is 0.0991 e. The molecule has 68 valence electrons. The Kier molecular flexibility index (Phi) is 4.04. The first kappa shape index (κ1) is 9.79. The van der Waals surface area contributed by atoms with Gasteiger partial charge in [0, 0.05) is 0 Å². The summed E-state index contributed by atoms with van der Waals surface area (Å²) in [5.41, 5.74) is 2.67. The van der Waals surface area contributed by atoms with Crippen LogP contribution in [0.25, 0.3) is 6.08 Å². The lowest BCUT2D eigenvalue weighted by atomic mass is 10.1. The summed E-state index contributed by atoms with van der Waals surface area (Å²) in [6.45, 7) is 5.85. The molecule has 1 rings (SSSR count). The van der Waals surface area contributed by atoms with E-state index in [1.807, 2.05) is 6.08 Å². The van der Waals surface area contributed by atoms with E-state index in [1.54, 1.807) is 6.08 Å². The van der Waals surface area contributed by atoms with Gasteiger partial charge in [-0.2, -0.15) is 0 Å². The quantitative estimate of drug-likeness (QED) is 0.605. The second-order valence-electron chi connectivity index (χ2n) is 3.09. The highest BCUT2D eigenvalue weighted by molar-refractivity contribution is 5.51. The molecule has 0 aromatic heterocycles. The Labute approximate surface area is 80.6 Å². The third-order valence-electron chi connectivity index (χ3n) is 1.91. The van der Waals surface area contributed by atoms with E-state index < -0.39 is 0 Å². The maximum Gasteiger partial charge on any atom is -0.0254 e. The fourth-order valence-electron chi connectivity index (χ4n) is 1.32. The van der Waals surface area contributed by atoms with Gasteiger partial charge in [-0.05, 0) is 17.5 Å². The van der Waals surface area contributed by atoms with Crippen LogP contribution >= 0.6 is 0 Å². The van der Waals surface area contributed by atoms with E-state index in [4.69, 9.17) is 0 Å². The van der Waals surface area contributed by atoms with Crippen LogP contribution in [0.3, 0.4) is 0 Å². The van der Waals surface area contributed by atoms with Crippen LogP contribution in [0, 0.1) is 0 Å². The Morgan fingerprint density at radius 2 is 2.23 bits per heavy atom. The van der Waals surface area contributed by atoms with Crippen molar-refractivity contribution in [2.24, 2.45) is 0 Å². The summed E-state index contributed by atoms with van der Waals surface area (Å²) in [5.74, 6) is 0. The summed E-state index contributed by atoms with van der Waals surface area (Å²) in [6, 6.07) is 8.62. The van der Waals surface area contributed by atoms with Gasteiger partial charge in [0.2, 0.25) is 0 Å². The third-order valence-corrected chi connectivity index (χ3v) is 1.91. The minimum Gasteiger partial charge on any atom is -0.0991 e. The Morgan fingerprint density at radius 1 is 1.38 bits per heavy atom. The minimum absolute atomic E-state index is 1.16. The van der Waals surface area contributed by atoms with E-state index in [9.17, 15) is 0 Å². The minimum atomic E-state index is 1.16. The van der Waals surface area contributed by atoms with Crippen LogP contribution in [-0.2, 0) is 6.42 Å². The molecule has 0 radical (unpaired) electrons. The van der Waals surface area contributed by atoms with Gasteiger partial charge in [-0.25, -0.2) is 0 Å². The average molecular weight is 172 g/mol. The summed E-state index contributed by atoms with van der Waals surface area (Å²) in [5, 5.41) is 0. The number of hydrogen-bond acceptors (Lipinski definition) is 0. The summed E-state index contributed by atoms with van der Waals surface area (Å²) in [7, 11) is 0. The molecule has 1 aromatic rings. The molecule has 0 heterocycles. The number of aryl methyl sites for hydroxylation is 1. The fourth-order valence-corrected chi connectivity index (χ4v) is 1.32. The molecule has 0 amide bonds. The highest BCUT2D eigenvalue weighted by atomic mass is 14.0. The van der Waals surface area contributed by atoms with E-state index in [2.05, 4.69) is 43.8 Å². The summed E-state index contributed by atoms with van der Waals surface area (Å²) in [6.07, 6.45) is 8.20. The van der Waals surface area contributed by atoms with Crippen molar-refractivity contribution in [2.75, 3.05) is 0 Å². The predicted octanol–water partition coefficient (Wildman–Crippen LogP) is 3.84. The lowest BCUT2D eigenvalue weighted by Gasteiger charge is -1.99. The van der Waals surface area contributed by atoms with E-state index in [-0.39, 0.29) is 0 Å². The lowest BCUT2D eigenvalue weighted by molar-refractivity contribution is 0.921. The molecule has 0 saturated carbocycles. The van der Waals surface area contributed by atoms with Gasteiger partial charge < -0.3 is 0 Å². The maximum atomic E-state index is 3.65. The maximum absolute atomic E-state index is 3.65. The van der Waals surface area contributed by atoms with Crippen LogP contribution in [0.4, 0.5) is 0 Å². The number of allylic oxidation sites excluding steroid dienone is 2. The highest BCUT2D eigenvalue weighted by Crippen LogP contribution is 2.08. The second kappa shape index (κ2) is 5.36. The summed E-state index contributed by atoms with van der Waals surface area (Å²) in [4.78, 5) is 0. The molecule has 0 spiro atoms. The van der Waals surface area contributed by atoms with E-state index >= 15 is 0 Å². The molecule has 0 aliphatic heterocycles. The van der Waals surface area contributed by atoms with Crippen molar-refractivity contribution in [3.8, 4) is 0 Å². The zero-order chi connectivity index (χ0) is 9.52. The van der Waals surface area contributed by atoms with E-state index in [0.29, 0.717) is 0 Å². The first-order valence-electron chi connectivity index (χ1n) is 4.75. The molecular weight excluding hydrogens is 156 g/mol. The van der Waals surface area contributed by atoms with Crippen molar-refractivity contribution in [1.82, 2.24) is 0 Å². The highest BCUT2D eigenvalue weighted by Gasteiger charge is 1.91. The van der Waals surface area contributed by atoms with Crippen LogP contribution in [0.1, 0.15) is 24.5 Å². The first-order valence-corrected chi connectivity index (χ1v) is 4.75. The SMILES string of the molecule is C=C/C=C/c1cccc(CCC)c1. The molecule has 0 saturated heterocycles. The van der Waals surface area contributed by atoms with Gasteiger partial charge in [0.1, 0.15) is 0 Å². The zero-order valence-electron chi connectivity index (χ0n) is 8.16. The van der Waals surface area contributed by atoms with Crippen molar-refractivity contribution in [3.05, 3.63) is 54.1 Å². The summed E-state index contributed by atoms with van der Waals surface area (Å²) < 4.78 is 0.